The van der Waals surface area contributed by atoms with Crippen LogP contribution in [0.5, 0.6) is 11.5 Å². The van der Waals surface area contributed by atoms with Crippen molar-refractivity contribution in [1.82, 2.24) is 4.98 Å². The Morgan fingerprint density at radius 2 is 1.97 bits per heavy atom. The molecule has 1 aliphatic heterocycles. The van der Waals surface area contributed by atoms with Crippen molar-refractivity contribution < 1.29 is 23.8 Å². The molecule has 29 heavy (non-hydrogen) atoms. The van der Waals surface area contributed by atoms with E-state index >= 15 is 0 Å². The fourth-order valence-corrected chi connectivity index (χ4v) is 3.86. The second-order valence-corrected chi connectivity index (χ2v) is 7.25. The van der Waals surface area contributed by atoms with Crippen LogP contribution in [0.2, 0.25) is 0 Å². The smallest absolute Gasteiger partial charge is 0.342 e. The first-order valence-corrected chi connectivity index (χ1v) is 9.61. The normalized spacial score (nSPS) is 15.9. The lowest BCUT2D eigenvalue weighted by Gasteiger charge is -2.18. The largest absolute Gasteiger partial charge is 0.462 e. The van der Waals surface area contributed by atoms with Crippen LogP contribution >= 0.6 is 0 Å². The molecule has 7 heteroatoms. The first-order chi connectivity index (χ1) is 14.1. The highest BCUT2D eigenvalue weighted by atomic mass is 16.7. The van der Waals surface area contributed by atoms with Crippen LogP contribution in [0.15, 0.2) is 42.6 Å². The Bertz CT molecular complexity index is 1130. The summed E-state index contributed by atoms with van der Waals surface area (Å²) in [6.45, 7) is 2.20. The summed E-state index contributed by atoms with van der Waals surface area (Å²) >= 11 is 0. The Morgan fingerprint density at radius 1 is 1.14 bits per heavy atom. The van der Waals surface area contributed by atoms with Gasteiger partial charge in [-0.3, -0.25) is 4.79 Å². The molecule has 0 unspecified atom stereocenters. The zero-order valence-corrected chi connectivity index (χ0v) is 15.9. The van der Waals surface area contributed by atoms with Gasteiger partial charge in [0, 0.05) is 11.6 Å². The van der Waals surface area contributed by atoms with Crippen molar-refractivity contribution in [2.75, 3.05) is 18.7 Å². The summed E-state index contributed by atoms with van der Waals surface area (Å²) in [5.74, 6) is 0.727. The van der Waals surface area contributed by atoms with Crippen molar-refractivity contribution in [2.45, 2.75) is 25.2 Å². The number of anilines is 1. The molecule has 2 aliphatic rings. The maximum Gasteiger partial charge on any atom is 0.342 e. The first-order valence-electron chi connectivity index (χ1n) is 9.61. The number of esters is 1. The zero-order valence-electron chi connectivity index (χ0n) is 15.9. The summed E-state index contributed by atoms with van der Waals surface area (Å²) in [7, 11) is 0. The molecular formula is C22H20N2O5. The predicted octanol–water partition coefficient (Wildman–Crippen LogP) is 3.74. The number of amides is 1. The fraction of sp³-hybridized carbons (Fsp3) is 0.273. The van der Waals surface area contributed by atoms with Gasteiger partial charge in [-0.25, -0.2) is 4.79 Å². The van der Waals surface area contributed by atoms with Crippen LogP contribution in [0.4, 0.5) is 5.69 Å². The van der Waals surface area contributed by atoms with E-state index in [2.05, 4.69) is 10.3 Å². The number of aromatic nitrogens is 1. The topological polar surface area (TPSA) is 89.7 Å². The van der Waals surface area contributed by atoms with Gasteiger partial charge in [0.05, 0.1) is 23.2 Å². The molecule has 3 aromatic rings. The number of fused-ring (bicyclic) bond motifs is 2. The van der Waals surface area contributed by atoms with Crippen molar-refractivity contribution in [3.8, 4) is 11.5 Å². The van der Waals surface area contributed by atoms with Crippen LogP contribution in [0.1, 0.15) is 35.7 Å². The predicted molar refractivity (Wildman–Crippen MR) is 106 cm³/mol. The number of H-pyrrole nitrogens is 1. The van der Waals surface area contributed by atoms with Gasteiger partial charge < -0.3 is 24.5 Å². The Morgan fingerprint density at radius 3 is 2.76 bits per heavy atom. The van der Waals surface area contributed by atoms with E-state index < -0.39 is 11.4 Å². The summed E-state index contributed by atoms with van der Waals surface area (Å²) in [5.41, 5.74) is 1.68. The molecule has 1 aliphatic carbocycles. The minimum Gasteiger partial charge on any atom is -0.462 e. The number of benzene rings is 2. The Kier molecular flexibility index (Phi) is 3.97. The second kappa shape index (κ2) is 6.55. The van der Waals surface area contributed by atoms with E-state index in [-0.39, 0.29) is 19.3 Å². The second-order valence-electron chi connectivity index (χ2n) is 7.25. The van der Waals surface area contributed by atoms with Gasteiger partial charge in [0.15, 0.2) is 11.5 Å². The van der Waals surface area contributed by atoms with Gasteiger partial charge in [0.1, 0.15) is 5.56 Å². The molecule has 0 spiro atoms. The van der Waals surface area contributed by atoms with Crippen LogP contribution in [-0.2, 0) is 14.9 Å². The molecule has 1 fully saturated rings. The third kappa shape index (κ3) is 2.81. The Balaban J connectivity index is 1.49. The van der Waals surface area contributed by atoms with E-state index in [1.54, 1.807) is 19.2 Å². The van der Waals surface area contributed by atoms with E-state index in [0.29, 0.717) is 28.3 Å². The molecule has 0 radical (unpaired) electrons. The summed E-state index contributed by atoms with van der Waals surface area (Å²) in [4.78, 5) is 28.9. The maximum atomic E-state index is 13.3. The van der Waals surface area contributed by atoms with Crippen LogP contribution < -0.4 is 14.8 Å². The van der Waals surface area contributed by atoms with Crippen LogP contribution in [0.25, 0.3) is 10.9 Å². The van der Waals surface area contributed by atoms with E-state index in [9.17, 15) is 9.59 Å². The molecule has 1 aromatic heterocycles. The first kappa shape index (κ1) is 17.6. The maximum absolute atomic E-state index is 13.3. The molecule has 1 saturated carbocycles. The summed E-state index contributed by atoms with van der Waals surface area (Å²) in [6.07, 6.45) is 3.23. The standard InChI is InChI=1S/C22H20N2O5/c1-2-27-20(25)18-15(5-3-13-7-10-23-19(13)18)24-21(26)22(8-9-22)14-4-6-16-17(11-14)29-12-28-16/h3-7,10-11,23H,2,8-9,12H2,1H3,(H,24,26). The number of ether oxygens (including phenoxy) is 3. The van der Waals surface area contributed by atoms with E-state index in [0.717, 1.165) is 23.8 Å². The van der Waals surface area contributed by atoms with E-state index in [1.807, 2.05) is 30.3 Å². The molecular weight excluding hydrogens is 372 g/mol. The molecule has 0 saturated heterocycles. The average Bonchev–Trinajstić information content (AvgIpc) is 3.17. The quantitative estimate of drug-likeness (QED) is 0.646. The van der Waals surface area contributed by atoms with Crippen LogP contribution in [0.3, 0.4) is 0 Å². The number of aromatic amines is 1. The summed E-state index contributed by atoms with van der Waals surface area (Å²) in [6, 6.07) is 11.1. The lowest BCUT2D eigenvalue weighted by atomic mass is 9.94. The Labute approximate surface area is 167 Å². The number of hydrogen-bond donors (Lipinski definition) is 2. The van der Waals surface area contributed by atoms with Crippen molar-refractivity contribution in [1.29, 1.82) is 0 Å². The van der Waals surface area contributed by atoms with Gasteiger partial charge >= 0.3 is 5.97 Å². The molecule has 2 heterocycles. The van der Waals surface area contributed by atoms with Crippen molar-refractivity contribution in [3.63, 3.8) is 0 Å². The van der Waals surface area contributed by atoms with Crippen LogP contribution in [-0.4, -0.2) is 30.3 Å². The van der Waals surface area contributed by atoms with Crippen molar-refractivity contribution in [3.05, 3.63) is 53.7 Å². The number of hydrogen-bond acceptors (Lipinski definition) is 5. The third-order valence-corrected chi connectivity index (χ3v) is 5.57. The fourth-order valence-electron chi connectivity index (χ4n) is 3.86. The third-order valence-electron chi connectivity index (χ3n) is 5.57. The highest BCUT2D eigenvalue weighted by Crippen LogP contribution is 2.51. The van der Waals surface area contributed by atoms with Gasteiger partial charge in [-0.2, -0.15) is 0 Å². The highest BCUT2D eigenvalue weighted by Gasteiger charge is 2.52. The van der Waals surface area contributed by atoms with Crippen molar-refractivity contribution in [2.24, 2.45) is 0 Å². The molecule has 2 N–H and O–H groups in total. The molecule has 0 atom stereocenters. The SMILES string of the molecule is CCOC(=O)c1c(NC(=O)C2(c3ccc4c(c3)OCO4)CC2)ccc2cc[nH]c12. The molecule has 148 valence electrons. The molecule has 0 bridgehead atoms. The average molecular weight is 392 g/mol. The monoisotopic (exact) mass is 392 g/mol. The number of rotatable bonds is 5. The van der Waals surface area contributed by atoms with E-state index in [1.165, 1.54) is 0 Å². The minimum absolute atomic E-state index is 0.146. The van der Waals surface area contributed by atoms with Gasteiger partial charge in [0.25, 0.3) is 0 Å². The number of carbonyl (C=O) groups excluding carboxylic acids is 2. The Hall–Kier alpha value is -3.48. The molecule has 5 rings (SSSR count). The van der Waals surface area contributed by atoms with Gasteiger partial charge in [-0.05, 0) is 49.6 Å². The van der Waals surface area contributed by atoms with E-state index in [4.69, 9.17) is 14.2 Å². The lowest BCUT2D eigenvalue weighted by molar-refractivity contribution is -0.118. The lowest BCUT2D eigenvalue weighted by Crippen LogP contribution is -2.28. The highest BCUT2D eigenvalue weighted by molar-refractivity contribution is 6.12. The zero-order chi connectivity index (χ0) is 20.0. The van der Waals surface area contributed by atoms with Gasteiger partial charge in [-0.15, -0.1) is 0 Å². The summed E-state index contributed by atoms with van der Waals surface area (Å²) < 4.78 is 16.0. The molecule has 2 aromatic carbocycles. The molecule has 7 nitrogen and oxygen atoms in total. The number of carbonyl (C=O) groups is 2. The summed E-state index contributed by atoms with van der Waals surface area (Å²) in [5, 5.41) is 3.85. The van der Waals surface area contributed by atoms with Crippen molar-refractivity contribution >= 4 is 28.5 Å². The minimum atomic E-state index is -0.627. The van der Waals surface area contributed by atoms with Crippen LogP contribution in [0, 0.1) is 0 Å². The van der Waals surface area contributed by atoms with Gasteiger partial charge in [0.2, 0.25) is 12.7 Å². The molecule has 1 amide bonds. The number of nitrogens with one attached hydrogen (secondary N) is 2. The van der Waals surface area contributed by atoms with Gasteiger partial charge in [-0.1, -0.05) is 12.1 Å².